The number of nitrogens with one attached hydrogen (secondary N) is 1. The molecule has 1 aliphatic rings. The van der Waals surface area contributed by atoms with Crippen molar-refractivity contribution in [2.75, 3.05) is 12.3 Å². The fourth-order valence-electron chi connectivity index (χ4n) is 4.45. The van der Waals surface area contributed by atoms with Gasteiger partial charge in [0, 0.05) is 18.1 Å². The maximum absolute atomic E-state index is 12.9. The van der Waals surface area contributed by atoms with Crippen molar-refractivity contribution in [3.8, 4) is 0 Å². The Morgan fingerprint density at radius 3 is 2.62 bits per heavy atom. The smallest absolute Gasteiger partial charge is 0.240 e. The highest BCUT2D eigenvalue weighted by Gasteiger charge is 2.26. The Morgan fingerprint density at radius 1 is 1.16 bits per heavy atom. The molecule has 1 saturated heterocycles. The fourth-order valence-corrected chi connectivity index (χ4v) is 5.28. The van der Waals surface area contributed by atoms with Gasteiger partial charge in [-0.05, 0) is 58.6 Å². The number of piperidine rings is 1. The number of carbonyl (C=O) groups excluding carboxylic acids is 2. The summed E-state index contributed by atoms with van der Waals surface area (Å²) >= 11 is 1.41. The van der Waals surface area contributed by atoms with Gasteiger partial charge in [0.15, 0.2) is 5.16 Å². The third kappa shape index (κ3) is 4.62. The normalized spacial score (nSPS) is 17.2. The van der Waals surface area contributed by atoms with Crippen LogP contribution in [0.3, 0.4) is 0 Å². The lowest BCUT2D eigenvalue weighted by molar-refractivity contribution is -0.132. The van der Waals surface area contributed by atoms with E-state index in [1.807, 2.05) is 58.9 Å². The molecule has 2 amide bonds. The standard InChI is InChI=1S/C23H32N6O2S/c1-5-16-10-8-9-13-27(16)20(31)15-32-22-26-25-21-28(14-19(30)24-23(2,3)4)17-11-6-7-12-18(17)29(21)22/h6-7,11-12,16H,5,8-10,13-15H2,1-4H3,(H,24,30)/t16-/m1/s1. The van der Waals surface area contributed by atoms with Crippen molar-refractivity contribution < 1.29 is 9.59 Å². The molecule has 8 nitrogen and oxygen atoms in total. The summed E-state index contributed by atoms with van der Waals surface area (Å²) in [4.78, 5) is 27.6. The van der Waals surface area contributed by atoms with Crippen LogP contribution in [0.5, 0.6) is 0 Å². The van der Waals surface area contributed by atoms with Crippen LogP contribution in [-0.4, -0.2) is 59.8 Å². The number of benzene rings is 1. The van der Waals surface area contributed by atoms with Crippen LogP contribution in [-0.2, 0) is 16.1 Å². The summed E-state index contributed by atoms with van der Waals surface area (Å²) < 4.78 is 3.83. The molecule has 9 heteroatoms. The van der Waals surface area contributed by atoms with E-state index >= 15 is 0 Å². The SMILES string of the molecule is CC[C@@H]1CCCCN1C(=O)CSc1nnc2n(CC(=O)NC(C)(C)C)c3ccccc3n12. The Labute approximate surface area is 192 Å². The fraction of sp³-hybridized carbons (Fsp3) is 0.565. The lowest BCUT2D eigenvalue weighted by atomic mass is 10.0. The van der Waals surface area contributed by atoms with Gasteiger partial charge in [0.25, 0.3) is 0 Å². The van der Waals surface area contributed by atoms with Crippen LogP contribution >= 0.6 is 11.8 Å². The molecule has 0 bridgehead atoms. The second-order valence-corrected chi connectivity index (χ2v) is 10.4. The van der Waals surface area contributed by atoms with Crippen LogP contribution in [0.15, 0.2) is 29.4 Å². The van der Waals surface area contributed by atoms with Crippen LogP contribution < -0.4 is 5.32 Å². The second kappa shape index (κ2) is 9.13. The molecule has 0 spiro atoms. The van der Waals surface area contributed by atoms with Gasteiger partial charge in [0.2, 0.25) is 17.6 Å². The summed E-state index contributed by atoms with van der Waals surface area (Å²) in [5.41, 5.74) is 1.53. The number of nitrogens with zero attached hydrogens (tertiary/aromatic N) is 5. The predicted molar refractivity (Wildman–Crippen MR) is 127 cm³/mol. The van der Waals surface area contributed by atoms with E-state index in [1.165, 1.54) is 18.2 Å². The number of rotatable bonds is 6. The molecule has 3 heterocycles. The van der Waals surface area contributed by atoms with Crippen molar-refractivity contribution in [3.63, 3.8) is 0 Å². The van der Waals surface area contributed by atoms with Gasteiger partial charge in [-0.15, -0.1) is 10.2 Å². The summed E-state index contributed by atoms with van der Waals surface area (Å²) in [6.07, 6.45) is 4.36. The first-order chi connectivity index (χ1) is 15.3. The quantitative estimate of drug-likeness (QED) is 0.574. The van der Waals surface area contributed by atoms with Gasteiger partial charge in [-0.25, -0.2) is 0 Å². The molecule has 2 aromatic heterocycles. The Kier molecular flexibility index (Phi) is 6.46. The molecule has 32 heavy (non-hydrogen) atoms. The van der Waals surface area contributed by atoms with Crippen LogP contribution in [0.2, 0.25) is 0 Å². The minimum absolute atomic E-state index is 0.0798. The molecule has 172 valence electrons. The Hall–Kier alpha value is -2.55. The number of amides is 2. The number of aromatic nitrogens is 4. The highest BCUT2D eigenvalue weighted by atomic mass is 32.2. The molecular formula is C23H32N6O2S. The molecule has 0 aliphatic carbocycles. The average molecular weight is 457 g/mol. The molecule has 1 fully saturated rings. The predicted octanol–water partition coefficient (Wildman–Crippen LogP) is 3.48. The van der Waals surface area contributed by atoms with Gasteiger partial charge in [-0.1, -0.05) is 30.8 Å². The van der Waals surface area contributed by atoms with E-state index in [0.717, 1.165) is 36.8 Å². The zero-order chi connectivity index (χ0) is 22.9. The van der Waals surface area contributed by atoms with Crippen molar-refractivity contribution in [2.24, 2.45) is 0 Å². The third-order valence-corrected chi connectivity index (χ3v) is 6.74. The number of hydrogen-bond donors (Lipinski definition) is 1. The number of para-hydroxylation sites is 2. The first kappa shape index (κ1) is 22.6. The van der Waals surface area contributed by atoms with Crippen LogP contribution in [0.1, 0.15) is 53.4 Å². The highest BCUT2D eigenvalue weighted by Crippen LogP contribution is 2.27. The van der Waals surface area contributed by atoms with Crippen molar-refractivity contribution in [2.45, 2.75) is 76.7 Å². The number of imidazole rings is 1. The Balaban J connectivity index is 1.59. The van der Waals surface area contributed by atoms with E-state index in [0.29, 0.717) is 22.7 Å². The molecule has 0 saturated carbocycles. The maximum Gasteiger partial charge on any atom is 0.240 e. The van der Waals surface area contributed by atoms with Crippen molar-refractivity contribution in [1.82, 2.24) is 29.4 Å². The Bertz CT molecular complexity index is 1130. The number of likely N-dealkylation sites (tertiary alicyclic amines) is 1. The average Bonchev–Trinajstić information content (AvgIpc) is 3.30. The van der Waals surface area contributed by atoms with Gasteiger partial charge in [-0.2, -0.15) is 0 Å². The summed E-state index contributed by atoms with van der Waals surface area (Å²) in [6.45, 7) is 9.03. The number of carbonyl (C=O) groups is 2. The van der Waals surface area contributed by atoms with Crippen LogP contribution in [0, 0.1) is 0 Å². The molecule has 1 atom stereocenters. The van der Waals surface area contributed by atoms with Gasteiger partial charge in [0.05, 0.1) is 16.8 Å². The third-order valence-electron chi connectivity index (χ3n) is 5.83. The van der Waals surface area contributed by atoms with Crippen molar-refractivity contribution in [1.29, 1.82) is 0 Å². The zero-order valence-corrected chi connectivity index (χ0v) is 20.1. The first-order valence-corrected chi connectivity index (χ1v) is 12.3. The number of thioether (sulfide) groups is 1. The molecule has 3 aromatic rings. The molecule has 0 radical (unpaired) electrons. The van der Waals surface area contributed by atoms with E-state index in [2.05, 4.69) is 22.4 Å². The number of fused-ring (bicyclic) bond motifs is 3. The van der Waals surface area contributed by atoms with Gasteiger partial charge < -0.3 is 10.2 Å². The number of hydrogen-bond acceptors (Lipinski definition) is 5. The molecular weight excluding hydrogens is 424 g/mol. The molecule has 4 rings (SSSR count). The minimum atomic E-state index is -0.309. The lowest BCUT2D eigenvalue weighted by Crippen LogP contribution is -2.44. The van der Waals surface area contributed by atoms with Crippen molar-refractivity contribution >= 4 is 40.4 Å². The molecule has 1 N–H and O–H groups in total. The second-order valence-electron chi connectivity index (χ2n) is 9.42. The topological polar surface area (TPSA) is 84.5 Å². The van der Waals surface area contributed by atoms with Gasteiger partial charge in [-0.3, -0.25) is 18.6 Å². The van der Waals surface area contributed by atoms with E-state index in [-0.39, 0.29) is 23.9 Å². The lowest BCUT2D eigenvalue weighted by Gasteiger charge is -2.35. The monoisotopic (exact) mass is 456 g/mol. The Morgan fingerprint density at radius 2 is 1.91 bits per heavy atom. The van der Waals surface area contributed by atoms with Gasteiger partial charge in [0.1, 0.15) is 6.54 Å². The van der Waals surface area contributed by atoms with E-state index in [9.17, 15) is 9.59 Å². The summed E-state index contributed by atoms with van der Waals surface area (Å²) in [6, 6.07) is 8.23. The summed E-state index contributed by atoms with van der Waals surface area (Å²) in [5.74, 6) is 1.02. The first-order valence-electron chi connectivity index (χ1n) is 11.3. The highest BCUT2D eigenvalue weighted by molar-refractivity contribution is 7.99. The molecule has 1 aliphatic heterocycles. The molecule has 1 aromatic carbocycles. The largest absolute Gasteiger partial charge is 0.350 e. The van der Waals surface area contributed by atoms with Crippen LogP contribution in [0.25, 0.3) is 16.8 Å². The minimum Gasteiger partial charge on any atom is -0.350 e. The van der Waals surface area contributed by atoms with E-state index in [4.69, 9.17) is 0 Å². The summed E-state index contributed by atoms with van der Waals surface area (Å²) in [5, 5.41) is 12.4. The molecule has 0 unspecified atom stereocenters. The summed E-state index contributed by atoms with van der Waals surface area (Å²) in [7, 11) is 0. The van der Waals surface area contributed by atoms with Crippen LogP contribution in [0.4, 0.5) is 0 Å². The zero-order valence-electron chi connectivity index (χ0n) is 19.3. The van der Waals surface area contributed by atoms with Gasteiger partial charge >= 0.3 is 0 Å². The maximum atomic E-state index is 12.9. The van der Waals surface area contributed by atoms with E-state index < -0.39 is 0 Å². The van der Waals surface area contributed by atoms with Crippen molar-refractivity contribution in [3.05, 3.63) is 24.3 Å². The van der Waals surface area contributed by atoms with E-state index in [1.54, 1.807) is 0 Å².